The fourth-order valence-electron chi connectivity index (χ4n) is 1.58. The molecule has 0 aliphatic rings. The molecule has 3 nitrogen and oxygen atoms in total. The van der Waals surface area contributed by atoms with Crippen LogP contribution in [0.15, 0.2) is 23.8 Å². The third-order valence-electron chi connectivity index (χ3n) is 2.33. The van der Waals surface area contributed by atoms with Gasteiger partial charge in [0.2, 0.25) is 0 Å². The van der Waals surface area contributed by atoms with Crippen LogP contribution in [0, 0.1) is 13.8 Å². The van der Waals surface area contributed by atoms with Crippen LogP contribution in [0.1, 0.15) is 20.8 Å². The SMILES string of the molecule is Cc1cc(C)c(NC(=O)c2cncs2)c(Cl)c1. The molecule has 0 radical (unpaired) electrons. The molecule has 1 aromatic heterocycles. The number of halogens is 1. The van der Waals surface area contributed by atoms with Gasteiger partial charge < -0.3 is 5.32 Å². The van der Waals surface area contributed by atoms with Crippen molar-refractivity contribution in [2.45, 2.75) is 13.8 Å². The molecule has 0 bridgehead atoms. The van der Waals surface area contributed by atoms with Crippen molar-refractivity contribution >= 4 is 34.5 Å². The van der Waals surface area contributed by atoms with Crippen LogP contribution in [0.25, 0.3) is 0 Å². The van der Waals surface area contributed by atoms with E-state index < -0.39 is 0 Å². The minimum Gasteiger partial charge on any atom is -0.320 e. The lowest BCUT2D eigenvalue weighted by atomic mass is 10.1. The summed E-state index contributed by atoms with van der Waals surface area (Å²) in [5, 5.41) is 3.36. The lowest BCUT2D eigenvalue weighted by Crippen LogP contribution is -2.11. The zero-order chi connectivity index (χ0) is 12.4. The second-order valence-corrected chi connectivity index (χ2v) is 5.05. The van der Waals surface area contributed by atoms with Crippen LogP contribution in [0.4, 0.5) is 5.69 Å². The summed E-state index contributed by atoms with van der Waals surface area (Å²) < 4.78 is 0. The predicted octanol–water partition coefficient (Wildman–Crippen LogP) is 3.67. The Hall–Kier alpha value is -1.39. The van der Waals surface area contributed by atoms with Crippen molar-refractivity contribution in [3.63, 3.8) is 0 Å². The largest absolute Gasteiger partial charge is 0.320 e. The van der Waals surface area contributed by atoms with Crippen LogP contribution in [-0.2, 0) is 0 Å². The zero-order valence-electron chi connectivity index (χ0n) is 9.45. The summed E-state index contributed by atoms with van der Waals surface area (Å²) in [6.45, 7) is 3.88. The Bertz CT molecular complexity index is 529. The molecule has 0 saturated carbocycles. The smallest absolute Gasteiger partial charge is 0.267 e. The molecule has 17 heavy (non-hydrogen) atoms. The quantitative estimate of drug-likeness (QED) is 0.901. The van der Waals surface area contributed by atoms with E-state index in [9.17, 15) is 4.79 Å². The van der Waals surface area contributed by atoms with Gasteiger partial charge in [-0.1, -0.05) is 17.7 Å². The summed E-state index contributed by atoms with van der Waals surface area (Å²) in [7, 11) is 0. The van der Waals surface area contributed by atoms with Crippen molar-refractivity contribution in [3.05, 3.63) is 44.9 Å². The van der Waals surface area contributed by atoms with E-state index in [1.165, 1.54) is 17.5 Å². The van der Waals surface area contributed by atoms with Gasteiger partial charge in [-0.05, 0) is 31.0 Å². The molecule has 1 amide bonds. The summed E-state index contributed by atoms with van der Waals surface area (Å²) in [5.74, 6) is -0.179. The molecule has 0 aliphatic carbocycles. The number of anilines is 1. The van der Waals surface area contributed by atoms with Gasteiger partial charge in [-0.3, -0.25) is 9.78 Å². The number of hydrogen-bond acceptors (Lipinski definition) is 3. The van der Waals surface area contributed by atoms with E-state index in [1.807, 2.05) is 26.0 Å². The van der Waals surface area contributed by atoms with Gasteiger partial charge in [0.25, 0.3) is 5.91 Å². The maximum Gasteiger partial charge on any atom is 0.267 e. The van der Waals surface area contributed by atoms with Gasteiger partial charge in [-0.2, -0.15) is 0 Å². The van der Waals surface area contributed by atoms with Crippen molar-refractivity contribution < 1.29 is 4.79 Å². The number of nitrogens with zero attached hydrogens (tertiary/aromatic N) is 1. The highest BCUT2D eigenvalue weighted by Crippen LogP contribution is 2.27. The van der Waals surface area contributed by atoms with Gasteiger partial charge >= 0.3 is 0 Å². The molecule has 0 unspecified atom stereocenters. The number of aryl methyl sites for hydroxylation is 2. The standard InChI is InChI=1S/C12H11ClN2OS/c1-7-3-8(2)11(9(13)4-7)15-12(16)10-5-14-6-17-10/h3-6H,1-2H3,(H,15,16). The van der Waals surface area contributed by atoms with E-state index in [0.29, 0.717) is 15.6 Å². The van der Waals surface area contributed by atoms with Crippen molar-refractivity contribution in [2.75, 3.05) is 5.32 Å². The van der Waals surface area contributed by atoms with Gasteiger partial charge in [0.15, 0.2) is 0 Å². The average molecular weight is 267 g/mol. The molecular weight excluding hydrogens is 256 g/mol. The molecule has 5 heteroatoms. The molecular formula is C12H11ClN2OS. The number of hydrogen-bond donors (Lipinski definition) is 1. The summed E-state index contributed by atoms with van der Waals surface area (Å²) in [5.41, 5.74) is 4.31. The van der Waals surface area contributed by atoms with E-state index in [-0.39, 0.29) is 5.91 Å². The third-order valence-corrected chi connectivity index (χ3v) is 3.40. The Kier molecular flexibility index (Phi) is 3.45. The Morgan fingerprint density at radius 3 is 2.76 bits per heavy atom. The third kappa shape index (κ3) is 2.65. The molecule has 2 aromatic rings. The minimum atomic E-state index is -0.179. The van der Waals surface area contributed by atoms with Gasteiger partial charge in [0.05, 0.1) is 22.4 Å². The van der Waals surface area contributed by atoms with Crippen LogP contribution < -0.4 is 5.32 Å². The fraction of sp³-hybridized carbons (Fsp3) is 0.167. The highest BCUT2D eigenvalue weighted by atomic mass is 35.5. The van der Waals surface area contributed by atoms with Crippen LogP contribution >= 0.6 is 22.9 Å². The summed E-state index contributed by atoms with van der Waals surface area (Å²) in [6, 6.07) is 3.81. The van der Waals surface area contributed by atoms with E-state index in [0.717, 1.165) is 11.1 Å². The number of carbonyl (C=O) groups is 1. The summed E-state index contributed by atoms with van der Waals surface area (Å²) in [6.07, 6.45) is 1.54. The molecule has 1 heterocycles. The van der Waals surface area contributed by atoms with Gasteiger partial charge in [0, 0.05) is 0 Å². The first kappa shape index (κ1) is 12.1. The Morgan fingerprint density at radius 2 is 2.18 bits per heavy atom. The summed E-state index contributed by atoms with van der Waals surface area (Å²) in [4.78, 5) is 16.3. The van der Waals surface area contributed by atoms with Crippen molar-refractivity contribution in [2.24, 2.45) is 0 Å². The number of thiazole rings is 1. The van der Waals surface area contributed by atoms with Gasteiger partial charge in [-0.25, -0.2) is 0 Å². The molecule has 0 saturated heterocycles. The van der Waals surface area contributed by atoms with Crippen LogP contribution in [-0.4, -0.2) is 10.9 Å². The van der Waals surface area contributed by atoms with Crippen LogP contribution in [0.3, 0.4) is 0 Å². The van der Waals surface area contributed by atoms with Crippen molar-refractivity contribution in [3.8, 4) is 0 Å². The molecule has 2 rings (SSSR count). The highest BCUT2D eigenvalue weighted by Gasteiger charge is 2.12. The second kappa shape index (κ2) is 4.85. The van der Waals surface area contributed by atoms with E-state index in [2.05, 4.69) is 10.3 Å². The monoisotopic (exact) mass is 266 g/mol. The maximum absolute atomic E-state index is 11.9. The second-order valence-electron chi connectivity index (χ2n) is 3.76. The Labute approximate surface area is 108 Å². The lowest BCUT2D eigenvalue weighted by molar-refractivity contribution is 0.103. The highest BCUT2D eigenvalue weighted by molar-refractivity contribution is 7.11. The topological polar surface area (TPSA) is 42.0 Å². The number of rotatable bonds is 2. The first-order valence-corrected chi connectivity index (χ1v) is 6.30. The van der Waals surface area contributed by atoms with E-state index >= 15 is 0 Å². The molecule has 0 spiro atoms. The van der Waals surface area contributed by atoms with Gasteiger partial charge in [-0.15, -0.1) is 11.3 Å². The fourth-order valence-corrected chi connectivity index (χ4v) is 2.46. The molecule has 1 aromatic carbocycles. The number of amides is 1. The Morgan fingerprint density at radius 1 is 1.41 bits per heavy atom. The zero-order valence-corrected chi connectivity index (χ0v) is 11.0. The average Bonchev–Trinajstić information content (AvgIpc) is 2.76. The molecule has 88 valence electrons. The number of nitrogens with one attached hydrogen (secondary N) is 1. The number of benzene rings is 1. The molecule has 0 aliphatic heterocycles. The molecule has 0 fully saturated rings. The van der Waals surface area contributed by atoms with Crippen LogP contribution in [0.2, 0.25) is 5.02 Å². The lowest BCUT2D eigenvalue weighted by Gasteiger charge is -2.10. The number of aromatic nitrogens is 1. The maximum atomic E-state index is 11.9. The Balaban J connectivity index is 2.28. The van der Waals surface area contributed by atoms with Crippen molar-refractivity contribution in [1.82, 2.24) is 4.98 Å². The van der Waals surface area contributed by atoms with Gasteiger partial charge in [0.1, 0.15) is 4.88 Å². The first-order chi connectivity index (χ1) is 8.08. The normalized spacial score (nSPS) is 10.3. The van der Waals surface area contributed by atoms with Crippen LogP contribution in [0.5, 0.6) is 0 Å². The number of carbonyl (C=O) groups excluding carboxylic acids is 1. The molecule has 1 N–H and O–H groups in total. The molecule has 0 atom stereocenters. The summed E-state index contributed by atoms with van der Waals surface area (Å²) >= 11 is 7.41. The van der Waals surface area contributed by atoms with E-state index in [4.69, 9.17) is 11.6 Å². The first-order valence-electron chi connectivity index (χ1n) is 5.04. The predicted molar refractivity (Wildman–Crippen MR) is 71.0 cm³/mol. The minimum absolute atomic E-state index is 0.179. The van der Waals surface area contributed by atoms with Crippen molar-refractivity contribution in [1.29, 1.82) is 0 Å². The van der Waals surface area contributed by atoms with E-state index in [1.54, 1.807) is 5.51 Å².